The summed E-state index contributed by atoms with van der Waals surface area (Å²) in [7, 11) is 0. The number of rotatable bonds is 3. The van der Waals surface area contributed by atoms with Crippen LogP contribution in [0.25, 0.3) is 0 Å². The van der Waals surface area contributed by atoms with Crippen molar-refractivity contribution in [1.29, 1.82) is 0 Å². The van der Waals surface area contributed by atoms with Gasteiger partial charge >= 0.3 is 0 Å². The molecule has 4 heteroatoms. The van der Waals surface area contributed by atoms with E-state index in [0.29, 0.717) is 13.1 Å². The lowest BCUT2D eigenvalue weighted by Crippen LogP contribution is -2.64. The van der Waals surface area contributed by atoms with Crippen molar-refractivity contribution in [1.82, 2.24) is 4.90 Å². The van der Waals surface area contributed by atoms with E-state index in [4.69, 9.17) is 5.73 Å². The number of carbonyl (C=O) groups is 1. The van der Waals surface area contributed by atoms with Crippen LogP contribution in [0.4, 0.5) is 0 Å². The zero-order chi connectivity index (χ0) is 12.5. The molecule has 0 aromatic heterocycles. The van der Waals surface area contributed by atoms with Crippen molar-refractivity contribution < 1.29 is 9.90 Å². The van der Waals surface area contributed by atoms with Crippen LogP contribution in [0, 0.1) is 5.92 Å². The van der Waals surface area contributed by atoms with Gasteiger partial charge in [0.25, 0.3) is 0 Å². The van der Waals surface area contributed by atoms with Crippen molar-refractivity contribution >= 4 is 5.91 Å². The Balaban J connectivity index is 1.79. The van der Waals surface area contributed by atoms with Crippen molar-refractivity contribution in [2.45, 2.75) is 57.1 Å². The Labute approximate surface area is 103 Å². The van der Waals surface area contributed by atoms with Gasteiger partial charge in [-0.15, -0.1) is 0 Å². The molecule has 0 aromatic rings. The van der Waals surface area contributed by atoms with E-state index in [1.54, 1.807) is 0 Å². The molecule has 1 heterocycles. The van der Waals surface area contributed by atoms with Gasteiger partial charge in [0, 0.05) is 12.0 Å². The Bertz CT molecular complexity index is 279. The third-order valence-electron chi connectivity index (χ3n) is 4.12. The first-order valence-corrected chi connectivity index (χ1v) is 6.81. The fraction of sp³-hybridized carbons (Fsp3) is 0.923. The maximum Gasteiger partial charge on any atom is 0.225 e. The molecule has 2 aliphatic rings. The Morgan fingerprint density at radius 1 is 1.35 bits per heavy atom. The molecule has 1 saturated carbocycles. The summed E-state index contributed by atoms with van der Waals surface area (Å²) in [6.45, 7) is 3.12. The van der Waals surface area contributed by atoms with Gasteiger partial charge in [0.05, 0.1) is 18.7 Å². The molecule has 3 N–H and O–H groups in total. The highest BCUT2D eigenvalue weighted by Crippen LogP contribution is 2.31. The minimum atomic E-state index is -0.602. The number of likely N-dealkylation sites (tertiary alicyclic amines) is 1. The van der Waals surface area contributed by atoms with Crippen LogP contribution in [0.15, 0.2) is 0 Å². The number of β-amino-alcohol motifs (C(OH)–C–C–N with tert-alkyl or cyclic N) is 1. The maximum atomic E-state index is 12.2. The number of amides is 1. The molecule has 17 heavy (non-hydrogen) atoms. The second kappa shape index (κ2) is 4.94. The lowest BCUT2D eigenvalue weighted by Gasteiger charge is -2.48. The zero-order valence-electron chi connectivity index (χ0n) is 10.7. The average molecular weight is 240 g/mol. The summed E-state index contributed by atoms with van der Waals surface area (Å²) in [5, 5.41) is 10.1. The number of hydrogen-bond acceptors (Lipinski definition) is 3. The molecular formula is C13H24N2O2. The highest BCUT2D eigenvalue weighted by Gasteiger charge is 2.44. The second-order valence-electron chi connectivity index (χ2n) is 5.78. The van der Waals surface area contributed by atoms with Crippen molar-refractivity contribution in [3.05, 3.63) is 0 Å². The van der Waals surface area contributed by atoms with Gasteiger partial charge < -0.3 is 15.7 Å². The lowest BCUT2D eigenvalue weighted by atomic mass is 9.82. The number of nitrogens with zero attached hydrogens (tertiary/aromatic N) is 1. The Morgan fingerprint density at radius 2 is 1.94 bits per heavy atom. The summed E-state index contributed by atoms with van der Waals surface area (Å²) in [5.74, 6) is 0.388. The largest absolute Gasteiger partial charge is 0.386 e. The molecule has 98 valence electrons. The summed E-state index contributed by atoms with van der Waals surface area (Å²) < 4.78 is 0. The molecule has 0 unspecified atom stereocenters. The first kappa shape index (κ1) is 12.8. The van der Waals surface area contributed by atoms with E-state index in [0.717, 1.165) is 38.5 Å². The van der Waals surface area contributed by atoms with Gasteiger partial charge in [-0.1, -0.05) is 13.3 Å². The summed E-state index contributed by atoms with van der Waals surface area (Å²) in [5.41, 5.74) is 5.24. The van der Waals surface area contributed by atoms with E-state index in [9.17, 15) is 9.90 Å². The third-order valence-corrected chi connectivity index (χ3v) is 4.12. The summed E-state index contributed by atoms with van der Waals surface area (Å²) in [6, 6.07) is 0.285. The predicted molar refractivity (Wildman–Crippen MR) is 66.4 cm³/mol. The van der Waals surface area contributed by atoms with Gasteiger partial charge in [0.1, 0.15) is 0 Å². The van der Waals surface area contributed by atoms with Crippen LogP contribution in [0.5, 0.6) is 0 Å². The SMILES string of the molecule is CCCC1(O)CN(C(=O)C2CCC(N)CC2)C1. The molecule has 1 aliphatic carbocycles. The second-order valence-corrected chi connectivity index (χ2v) is 5.78. The normalized spacial score (nSPS) is 32.1. The van der Waals surface area contributed by atoms with Crippen LogP contribution < -0.4 is 5.73 Å². The molecule has 0 atom stereocenters. The fourth-order valence-corrected chi connectivity index (χ4v) is 3.07. The van der Waals surface area contributed by atoms with Crippen LogP contribution in [0.2, 0.25) is 0 Å². The highest BCUT2D eigenvalue weighted by molar-refractivity contribution is 5.80. The van der Waals surface area contributed by atoms with E-state index in [1.165, 1.54) is 0 Å². The standard InChI is InChI=1S/C13H24N2O2/c1-2-7-13(17)8-15(9-13)12(16)10-3-5-11(14)6-4-10/h10-11,17H,2-9,14H2,1H3. The maximum absolute atomic E-state index is 12.2. The molecule has 1 saturated heterocycles. The van der Waals surface area contributed by atoms with Crippen molar-refractivity contribution in [3.63, 3.8) is 0 Å². The third kappa shape index (κ3) is 2.80. The number of nitrogens with two attached hydrogens (primary N) is 1. The van der Waals surface area contributed by atoms with Crippen LogP contribution in [0.3, 0.4) is 0 Å². The predicted octanol–water partition coefficient (Wildman–Crippen LogP) is 0.877. The van der Waals surface area contributed by atoms with E-state index >= 15 is 0 Å². The van der Waals surface area contributed by atoms with E-state index in [2.05, 4.69) is 6.92 Å². The Kier molecular flexibility index (Phi) is 3.73. The lowest BCUT2D eigenvalue weighted by molar-refractivity contribution is -0.161. The molecule has 4 nitrogen and oxygen atoms in total. The first-order chi connectivity index (χ1) is 8.04. The fourth-order valence-electron chi connectivity index (χ4n) is 3.07. The first-order valence-electron chi connectivity index (χ1n) is 6.81. The van der Waals surface area contributed by atoms with Gasteiger partial charge in [-0.2, -0.15) is 0 Å². The van der Waals surface area contributed by atoms with Crippen LogP contribution in [-0.4, -0.2) is 40.6 Å². The van der Waals surface area contributed by atoms with Crippen molar-refractivity contribution in [2.24, 2.45) is 11.7 Å². The monoisotopic (exact) mass is 240 g/mol. The Morgan fingerprint density at radius 3 is 2.47 bits per heavy atom. The summed E-state index contributed by atoms with van der Waals surface area (Å²) in [6.07, 6.45) is 5.53. The quantitative estimate of drug-likeness (QED) is 0.769. The minimum absolute atomic E-state index is 0.154. The van der Waals surface area contributed by atoms with Gasteiger partial charge in [0.2, 0.25) is 5.91 Å². The molecule has 0 bridgehead atoms. The molecule has 1 aliphatic heterocycles. The van der Waals surface area contributed by atoms with E-state index in [1.807, 2.05) is 4.90 Å². The van der Waals surface area contributed by atoms with Crippen LogP contribution >= 0.6 is 0 Å². The average Bonchev–Trinajstić information content (AvgIpc) is 2.26. The van der Waals surface area contributed by atoms with Gasteiger partial charge in [-0.25, -0.2) is 0 Å². The number of carbonyl (C=O) groups excluding carboxylic acids is 1. The van der Waals surface area contributed by atoms with Crippen molar-refractivity contribution in [2.75, 3.05) is 13.1 Å². The molecular weight excluding hydrogens is 216 g/mol. The molecule has 0 aromatic carbocycles. The van der Waals surface area contributed by atoms with Crippen molar-refractivity contribution in [3.8, 4) is 0 Å². The van der Waals surface area contributed by atoms with Gasteiger partial charge in [-0.3, -0.25) is 4.79 Å². The van der Waals surface area contributed by atoms with Gasteiger partial charge in [0.15, 0.2) is 0 Å². The number of aliphatic hydroxyl groups is 1. The molecule has 2 fully saturated rings. The molecule has 0 spiro atoms. The van der Waals surface area contributed by atoms with Gasteiger partial charge in [-0.05, 0) is 32.1 Å². The van der Waals surface area contributed by atoms with Crippen LogP contribution in [-0.2, 0) is 4.79 Å². The molecule has 2 rings (SSSR count). The molecule has 0 radical (unpaired) electrons. The number of hydrogen-bond donors (Lipinski definition) is 2. The summed E-state index contributed by atoms with van der Waals surface area (Å²) >= 11 is 0. The molecule has 1 amide bonds. The smallest absolute Gasteiger partial charge is 0.225 e. The van der Waals surface area contributed by atoms with E-state index < -0.39 is 5.60 Å². The highest BCUT2D eigenvalue weighted by atomic mass is 16.3. The topological polar surface area (TPSA) is 66.6 Å². The summed E-state index contributed by atoms with van der Waals surface area (Å²) in [4.78, 5) is 14.0. The van der Waals surface area contributed by atoms with Crippen LogP contribution in [0.1, 0.15) is 45.4 Å². The zero-order valence-corrected chi connectivity index (χ0v) is 10.7. The Hall–Kier alpha value is -0.610. The minimum Gasteiger partial charge on any atom is -0.386 e. The van der Waals surface area contributed by atoms with E-state index in [-0.39, 0.29) is 17.9 Å².